The van der Waals surface area contributed by atoms with Crippen LogP contribution in [0.25, 0.3) is 28.6 Å². The SMILES string of the molecule is COc1c(Cl)cc(Cl)cc1C=CC(=O)Nc1cccc(-c2nc3cc(C)cc(C)c3o2)c1C. The summed E-state index contributed by atoms with van der Waals surface area (Å²) in [7, 11) is 1.51. The summed E-state index contributed by atoms with van der Waals surface area (Å²) in [6, 6.07) is 12.9. The van der Waals surface area contributed by atoms with Gasteiger partial charge in [-0.25, -0.2) is 4.98 Å². The van der Waals surface area contributed by atoms with Crippen molar-refractivity contribution in [1.82, 2.24) is 4.98 Å². The summed E-state index contributed by atoms with van der Waals surface area (Å²) in [6.45, 7) is 5.95. The smallest absolute Gasteiger partial charge is 0.248 e. The van der Waals surface area contributed by atoms with E-state index in [4.69, 9.17) is 32.4 Å². The van der Waals surface area contributed by atoms with Gasteiger partial charge in [-0.3, -0.25) is 4.79 Å². The van der Waals surface area contributed by atoms with Gasteiger partial charge in [-0.1, -0.05) is 35.3 Å². The maximum atomic E-state index is 12.6. The third-order valence-electron chi connectivity index (χ3n) is 5.30. The number of nitrogens with zero attached hydrogens (tertiary/aromatic N) is 1. The van der Waals surface area contributed by atoms with Gasteiger partial charge in [0.1, 0.15) is 11.3 Å². The van der Waals surface area contributed by atoms with E-state index in [-0.39, 0.29) is 5.91 Å². The molecule has 0 fully saturated rings. The van der Waals surface area contributed by atoms with Crippen molar-refractivity contribution in [3.8, 4) is 17.2 Å². The van der Waals surface area contributed by atoms with Gasteiger partial charge >= 0.3 is 0 Å². The quantitative estimate of drug-likeness (QED) is 0.302. The van der Waals surface area contributed by atoms with E-state index in [0.717, 1.165) is 33.4 Å². The fourth-order valence-corrected chi connectivity index (χ4v) is 4.34. The Morgan fingerprint density at radius 2 is 1.91 bits per heavy atom. The molecule has 7 heteroatoms. The second-order valence-electron chi connectivity index (χ2n) is 7.76. The summed E-state index contributed by atoms with van der Waals surface area (Å²) >= 11 is 12.2. The molecule has 0 radical (unpaired) electrons. The molecule has 3 aromatic carbocycles. The number of hydrogen-bond acceptors (Lipinski definition) is 4. The van der Waals surface area contributed by atoms with Crippen LogP contribution in [0.3, 0.4) is 0 Å². The molecule has 0 saturated carbocycles. The summed E-state index contributed by atoms with van der Waals surface area (Å²) in [5, 5.41) is 3.73. The third-order valence-corrected chi connectivity index (χ3v) is 5.80. The van der Waals surface area contributed by atoms with Crippen LogP contribution in [0.15, 0.2) is 53.0 Å². The van der Waals surface area contributed by atoms with E-state index in [2.05, 4.69) is 16.4 Å². The fraction of sp³-hybridized carbons (Fsp3) is 0.154. The molecule has 0 unspecified atom stereocenters. The monoisotopic (exact) mass is 480 g/mol. The molecule has 0 aliphatic heterocycles. The van der Waals surface area contributed by atoms with Gasteiger partial charge in [0.2, 0.25) is 11.8 Å². The number of halogens is 2. The van der Waals surface area contributed by atoms with E-state index in [0.29, 0.717) is 32.9 Å². The molecule has 4 rings (SSSR count). The predicted octanol–water partition coefficient (Wildman–Crippen LogP) is 7.39. The highest BCUT2D eigenvalue weighted by molar-refractivity contribution is 6.36. The van der Waals surface area contributed by atoms with Crippen LogP contribution in [0.2, 0.25) is 10.0 Å². The number of ether oxygens (including phenoxy) is 1. The fourth-order valence-electron chi connectivity index (χ4n) is 3.75. The van der Waals surface area contributed by atoms with Crippen molar-refractivity contribution in [2.75, 3.05) is 12.4 Å². The number of aryl methyl sites for hydroxylation is 2. The Balaban J connectivity index is 1.61. The lowest BCUT2D eigenvalue weighted by Gasteiger charge is -2.10. The van der Waals surface area contributed by atoms with E-state index in [1.807, 2.05) is 45.0 Å². The number of fused-ring (bicyclic) bond motifs is 1. The topological polar surface area (TPSA) is 64.4 Å². The van der Waals surface area contributed by atoms with Crippen molar-refractivity contribution in [3.05, 3.63) is 80.8 Å². The van der Waals surface area contributed by atoms with Gasteiger partial charge in [-0.15, -0.1) is 0 Å². The van der Waals surface area contributed by atoms with Gasteiger partial charge in [-0.2, -0.15) is 0 Å². The van der Waals surface area contributed by atoms with Crippen LogP contribution in [0.4, 0.5) is 5.69 Å². The molecule has 1 amide bonds. The molecule has 168 valence electrons. The van der Waals surface area contributed by atoms with Crippen LogP contribution < -0.4 is 10.1 Å². The first-order valence-corrected chi connectivity index (χ1v) is 11.0. The number of rotatable bonds is 5. The van der Waals surface area contributed by atoms with E-state index in [1.54, 1.807) is 18.2 Å². The van der Waals surface area contributed by atoms with E-state index < -0.39 is 0 Å². The van der Waals surface area contributed by atoms with Crippen LogP contribution in [-0.2, 0) is 4.79 Å². The van der Waals surface area contributed by atoms with Gasteiger partial charge in [0.05, 0.1) is 12.1 Å². The summed E-state index contributed by atoms with van der Waals surface area (Å²) in [4.78, 5) is 17.3. The number of hydrogen-bond donors (Lipinski definition) is 1. The number of nitrogens with one attached hydrogen (secondary N) is 1. The summed E-state index contributed by atoms with van der Waals surface area (Å²) in [5.74, 6) is 0.656. The Morgan fingerprint density at radius 3 is 2.67 bits per heavy atom. The number of anilines is 1. The first-order chi connectivity index (χ1) is 15.8. The van der Waals surface area contributed by atoms with Crippen molar-refractivity contribution in [3.63, 3.8) is 0 Å². The summed E-state index contributed by atoms with van der Waals surface area (Å²) in [5.41, 5.74) is 6.67. The van der Waals surface area contributed by atoms with Crippen LogP contribution in [0, 0.1) is 20.8 Å². The van der Waals surface area contributed by atoms with E-state index in [9.17, 15) is 4.79 Å². The molecular weight excluding hydrogens is 459 g/mol. The molecule has 0 atom stereocenters. The first-order valence-electron chi connectivity index (χ1n) is 10.3. The molecule has 1 aromatic heterocycles. The normalized spacial score (nSPS) is 11.3. The first kappa shape index (κ1) is 22.9. The van der Waals surface area contributed by atoms with E-state index in [1.165, 1.54) is 13.2 Å². The second kappa shape index (κ2) is 9.30. The van der Waals surface area contributed by atoms with Crippen LogP contribution in [0.5, 0.6) is 5.75 Å². The lowest BCUT2D eigenvalue weighted by molar-refractivity contribution is -0.111. The van der Waals surface area contributed by atoms with Crippen molar-refractivity contribution in [2.24, 2.45) is 0 Å². The molecule has 5 nitrogen and oxygen atoms in total. The molecule has 0 aliphatic rings. The number of methoxy groups -OCH3 is 1. The summed E-state index contributed by atoms with van der Waals surface area (Å²) in [6.07, 6.45) is 3.01. The molecule has 33 heavy (non-hydrogen) atoms. The predicted molar refractivity (Wildman–Crippen MR) is 134 cm³/mol. The molecule has 0 aliphatic carbocycles. The standard InChI is InChI=1S/C26H22Cl2N2O3/c1-14-10-15(2)24-22(11-14)30-26(33-24)19-6-5-7-21(16(19)3)29-23(31)9-8-17-12-18(27)13-20(28)25(17)32-4/h5-13H,1-4H3,(H,29,31). The molecule has 4 aromatic rings. The van der Waals surface area contributed by atoms with Crippen LogP contribution >= 0.6 is 23.2 Å². The molecule has 0 saturated heterocycles. The van der Waals surface area contributed by atoms with E-state index >= 15 is 0 Å². The zero-order valence-corrected chi connectivity index (χ0v) is 20.1. The van der Waals surface area contributed by atoms with Gasteiger partial charge in [-0.05, 0) is 73.9 Å². The number of oxazole rings is 1. The van der Waals surface area contributed by atoms with Gasteiger partial charge in [0, 0.05) is 27.9 Å². The largest absolute Gasteiger partial charge is 0.495 e. The Hall–Kier alpha value is -3.28. The Labute approximate surface area is 202 Å². The summed E-state index contributed by atoms with van der Waals surface area (Å²) < 4.78 is 11.4. The zero-order chi connectivity index (χ0) is 23.7. The van der Waals surface area contributed by atoms with Crippen molar-refractivity contribution < 1.29 is 13.9 Å². The lowest BCUT2D eigenvalue weighted by atomic mass is 10.1. The van der Waals surface area contributed by atoms with Crippen LogP contribution in [-0.4, -0.2) is 18.0 Å². The van der Waals surface area contributed by atoms with Gasteiger partial charge in [0.25, 0.3) is 0 Å². The number of amides is 1. The highest BCUT2D eigenvalue weighted by Gasteiger charge is 2.15. The Morgan fingerprint density at radius 1 is 1.12 bits per heavy atom. The minimum atomic E-state index is -0.308. The van der Waals surface area contributed by atoms with Crippen LogP contribution in [0.1, 0.15) is 22.3 Å². The Kier molecular flexibility index (Phi) is 6.45. The Bertz CT molecular complexity index is 1410. The maximum absolute atomic E-state index is 12.6. The molecule has 0 spiro atoms. The average Bonchev–Trinajstić information content (AvgIpc) is 3.17. The second-order valence-corrected chi connectivity index (χ2v) is 8.60. The van der Waals surface area contributed by atoms with Crippen molar-refractivity contribution in [2.45, 2.75) is 20.8 Å². The average molecular weight is 481 g/mol. The van der Waals surface area contributed by atoms with Crippen molar-refractivity contribution >= 4 is 52.0 Å². The number of aromatic nitrogens is 1. The minimum absolute atomic E-state index is 0.308. The van der Waals surface area contributed by atoms with Gasteiger partial charge in [0.15, 0.2) is 5.58 Å². The zero-order valence-electron chi connectivity index (χ0n) is 18.6. The number of carbonyl (C=O) groups excluding carboxylic acids is 1. The highest BCUT2D eigenvalue weighted by Crippen LogP contribution is 2.34. The molecule has 1 N–H and O–H groups in total. The molecule has 0 bridgehead atoms. The number of benzene rings is 3. The third kappa shape index (κ3) is 4.75. The molecular formula is C26H22Cl2N2O3. The van der Waals surface area contributed by atoms with Gasteiger partial charge < -0.3 is 14.5 Å². The van der Waals surface area contributed by atoms with Crippen molar-refractivity contribution in [1.29, 1.82) is 0 Å². The minimum Gasteiger partial charge on any atom is -0.495 e. The number of carbonyl (C=O) groups is 1. The lowest BCUT2D eigenvalue weighted by Crippen LogP contribution is -2.09. The molecule has 1 heterocycles. The highest BCUT2D eigenvalue weighted by atomic mass is 35.5. The maximum Gasteiger partial charge on any atom is 0.248 e.